The first kappa shape index (κ1) is 14.8. The molecule has 4 atom stereocenters. The lowest BCUT2D eigenvalue weighted by Crippen LogP contribution is -2.54. The zero-order valence-corrected chi connectivity index (χ0v) is 14.0. The van der Waals surface area contributed by atoms with Gasteiger partial charge in [0.15, 0.2) is 0 Å². The van der Waals surface area contributed by atoms with Gasteiger partial charge in [-0.15, -0.1) is 0 Å². The molecule has 0 radical (unpaired) electrons. The smallest absolute Gasteiger partial charge is 0.0858 e. The number of rotatable bonds is 3. The highest BCUT2D eigenvalue weighted by molar-refractivity contribution is 5.60. The highest BCUT2D eigenvalue weighted by Gasteiger charge is 2.50. The van der Waals surface area contributed by atoms with E-state index in [9.17, 15) is 0 Å². The van der Waals surface area contributed by atoms with Crippen molar-refractivity contribution < 1.29 is 4.74 Å². The second-order valence-corrected chi connectivity index (χ2v) is 7.16. The fourth-order valence-electron chi connectivity index (χ4n) is 4.33. The molecule has 0 bridgehead atoms. The van der Waals surface area contributed by atoms with Gasteiger partial charge in [-0.2, -0.15) is 0 Å². The predicted molar refractivity (Wildman–Crippen MR) is 94.9 cm³/mol. The van der Waals surface area contributed by atoms with Crippen molar-refractivity contribution in [3.8, 4) is 0 Å². The normalized spacial score (nSPS) is 32.0. The Balaban J connectivity index is 1.69. The number of ether oxygens (including phenoxy) is 1. The summed E-state index contributed by atoms with van der Waals surface area (Å²) in [6.45, 7) is 5.35. The van der Waals surface area contributed by atoms with Crippen LogP contribution in [0.4, 0.5) is 5.69 Å². The summed E-state index contributed by atoms with van der Waals surface area (Å²) < 4.78 is 6.38. The van der Waals surface area contributed by atoms with Gasteiger partial charge in [0.1, 0.15) is 0 Å². The van der Waals surface area contributed by atoms with Crippen molar-refractivity contribution in [2.45, 2.75) is 44.2 Å². The van der Waals surface area contributed by atoms with Crippen LogP contribution in [0.15, 0.2) is 54.6 Å². The molecular weight excluding hydrogens is 282 g/mol. The fourth-order valence-corrected chi connectivity index (χ4v) is 4.33. The van der Waals surface area contributed by atoms with Gasteiger partial charge < -0.3 is 10.1 Å². The van der Waals surface area contributed by atoms with E-state index in [2.05, 4.69) is 73.8 Å². The molecule has 2 heterocycles. The maximum Gasteiger partial charge on any atom is 0.0858 e. The fraction of sp³-hybridized carbons (Fsp3) is 0.429. The van der Waals surface area contributed by atoms with Crippen molar-refractivity contribution in [2.75, 3.05) is 11.9 Å². The topological polar surface area (TPSA) is 21.3 Å². The van der Waals surface area contributed by atoms with E-state index in [1.165, 1.54) is 16.8 Å². The molecule has 2 aliphatic heterocycles. The molecule has 2 aliphatic rings. The first-order chi connectivity index (χ1) is 11.2. The summed E-state index contributed by atoms with van der Waals surface area (Å²) in [5.41, 5.74) is 4.09. The van der Waals surface area contributed by atoms with Crippen molar-refractivity contribution >= 4 is 5.69 Å². The van der Waals surface area contributed by atoms with Gasteiger partial charge in [0, 0.05) is 11.6 Å². The molecule has 2 aromatic carbocycles. The Morgan fingerprint density at radius 2 is 1.83 bits per heavy atom. The van der Waals surface area contributed by atoms with Gasteiger partial charge in [0.25, 0.3) is 0 Å². The van der Waals surface area contributed by atoms with E-state index in [0.29, 0.717) is 17.9 Å². The molecule has 0 amide bonds. The summed E-state index contributed by atoms with van der Waals surface area (Å²) in [6, 6.07) is 20.0. The van der Waals surface area contributed by atoms with Gasteiger partial charge in [-0.3, -0.25) is 0 Å². The van der Waals surface area contributed by atoms with E-state index < -0.39 is 0 Å². The Bertz CT molecular complexity index is 683. The van der Waals surface area contributed by atoms with Crippen LogP contribution in [-0.4, -0.2) is 18.2 Å². The molecule has 4 unspecified atom stereocenters. The monoisotopic (exact) mass is 307 g/mol. The van der Waals surface area contributed by atoms with Crippen LogP contribution in [-0.2, 0) is 11.2 Å². The quantitative estimate of drug-likeness (QED) is 0.893. The molecular formula is C21H25NO. The van der Waals surface area contributed by atoms with Crippen molar-refractivity contribution in [1.82, 2.24) is 0 Å². The number of hydrogen-bond donors (Lipinski definition) is 1. The Kier molecular flexibility index (Phi) is 3.65. The molecule has 120 valence electrons. The van der Waals surface area contributed by atoms with E-state index in [0.717, 1.165) is 19.4 Å². The summed E-state index contributed by atoms with van der Waals surface area (Å²) in [4.78, 5) is 0. The number of para-hydroxylation sites is 1. The highest BCUT2D eigenvalue weighted by Crippen LogP contribution is 2.50. The minimum absolute atomic E-state index is 0.0864. The zero-order chi connectivity index (χ0) is 15.9. The highest BCUT2D eigenvalue weighted by atomic mass is 16.5. The summed E-state index contributed by atoms with van der Waals surface area (Å²) >= 11 is 0. The molecule has 4 rings (SSSR count). The lowest BCUT2D eigenvalue weighted by atomic mass is 9.72. The Morgan fingerprint density at radius 3 is 2.61 bits per heavy atom. The average molecular weight is 307 g/mol. The predicted octanol–water partition coefficient (Wildman–Crippen LogP) is 4.62. The second-order valence-electron chi connectivity index (χ2n) is 7.16. The Labute approximate surface area is 138 Å². The summed E-state index contributed by atoms with van der Waals surface area (Å²) in [5.74, 6) is 1.06. The minimum atomic E-state index is -0.0864. The largest absolute Gasteiger partial charge is 0.379 e. The summed E-state index contributed by atoms with van der Waals surface area (Å²) in [7, 11) is 0. The van der Waals surface area contributed by atoms with Crippen molar-refractivity contribution in [3.05, 3.63) is 65.7 Å². The van der Waals surface area contributed by atoms with E-state index in [-0.39, 0.29) is 5.60 Å². The number of nitrogens with one attached hydrogen (secondary N) is 1. The van der Waals surface area contributed by atoms with Crippen LogP contribution < -0.4 is 5.32 Å². The van der Waals surface area contributed by atoms with Gasteiger partial charge in [-0.05, 0) is 42.9 Å². The van der Waals surface area contributed by atoms with Crippen molar-refractivity contribution in [2.24, 2.45) is 5.92 Å². The first-order valence-electron chi connectivity index (χ1n) is 8.74. The van der Waals surface area contributed by atoms with Gasteiger partial charge in [0.05, 0.1) is 18.2 Å². The van der Waals surface area contributed by atoms with E-state index >= 15 is 0 Å². The van der Waals surface area contributed by atoms with E-state index in [1.807, 2.05) is 0 Å². The Morgan fingerprint density at radius 1 is 1.09 bits per heavy atom. The summed E-state index contributed by atoms with van der Waals surface area (Å²) in [6.07, 6.45) is 2.12. The number of fused-ring (bicyclic) bond motifs is 3. The maximum absolute atomic E-state index is 6.38. The molecule has 1 N–H and O–H groups in total. The van der Waals surface area contributed by atoms with Crippen LogP contribution in [0.25, 0.3) is 0 Å². The third-order valence-corrected chi connectivity index (χ3v) is 5.83. The average Bonchev–Trinajstić information content (AvgIpc) is 3.00. The van der Waals surface area contributed by atoms with Crippen LogP contribution in [0.3, 0.4) is 0 Å². The molecule has 1 saturated heterocycles. The number of benzene rings is 2. The molecule has 0 aliphatic carbocycles. The Hall–Kier alpha value is -1.80. The lowest BCUT2D eigenvalue weighted by Gasteiger charge is -2.46. The molecule has 2 aromatic rings. The zero-order valence-electron chi connectivity index (χ0n) is 14.0. The van der Waals surface area contributed by atoms with E-state index in [4.69, 9.17) is 4.74 Å². The molecule has 2 nitrogen and oxygen atoms in total. The molecule has 1 fully saturated rings. The second kappa shape index (κ2) is 5.68. The van der Waals surface area contributed by atoms with Gasteiger partial charge >= 0.3 is 0 Å². The van der Waals surface area contributed by atoms with E-state index in [1.54, 1.807) is 0 Å². The van der Waals surface area contributed by atoms with Crippen molar-refractivity contribution in [1.29, 1.82) is 0 Å². The summed E-state index contributed by atoms with van der Waals surface area (Å²) in [5, 5.41) is 3.77. The molecule has 2 heteroatoms. The van der Waals surface area contributed by atoms with Crippen LogP contribution in [0.5, 0.6) is 0 Å². The van der Waals surface area contributed by atoms with Crippen LogP contribution >= 0.6 is 0 Å². The third kappa shape index (κ3) is 2.46. The number of hydrogen-bond acceptors (Lipinski definition) is 2. The van der Waals surface area contributed by atoms with Crippen molar-refractivity contribution in [3.63, 3.8) is 0 Å². The van der Waals surface area contributed by atoms with Gasteiger partial charge in [-0.1, -0.05) is 55.5 Å². The molecule has 23 heavy (non-hydrogen) atoms. The molecule has 0 spiro atoms. The molecule has 0 saturated carbocycles. The SMILES string of the molecule is CCC1(C)OCC(Cc2ccccc2)C2c3ccccc3NC21. The van der Waals surface area contributed by atoms with Crippen LogP contribution in [0.1, 0.15) is 37.3 Å². The van der Waals surface area contributed by atoms with Gasteiger partial charge in [0.2, 0.25) is 0 Å². The minimum Gasteiger partial charge on any atom is -0.379 e. The van der Waals surface area contributed by atoms with Gasteiger partial charge in [-0.25, -0.2) is 0 Å². The van der Waals surface area contributed by atoms with Crippen LogP contribution in [0, 0.1) is 5.92 Å². The maximum atomic E-state index is 6.38. The lowest BCUT2D eigenvalue weighted by molar-refractivity contribution is -0.106. The molecule has 0 aromatic heterocycles. The first-order valence-corrected chi connectivity index (χ1v) is 8.74. The number of anilines is 1. The third-order valence-electron chi connectivity index (χ3n) is 5.83. The standard InChI is InChI=1S/C21H25NO/c1-3-21(2)20-19(17-11-7-8-12-18(17)22-20)16(14-23-21)13-15-9-5-4-6-10-15/h4-12,16,19-20,22H,3,13-14H2,1-2H3. The van der Waals surface area contributed by atoms with Crippen LogP contribution in [0.2, 0.25) is 0 Å².